The van der Waals surface area contributed by atoms with Gasteiger partial charge in [0, 0.05) is 22.0 Å². The second kappa shape index (κ2) is 10.4. The molecule has 2 aromatic rings. The third-order valence-electron chi connectivity index (χ3n) is 6.68. The molecule has 3 aliphatic rings. The number of benzene rings is 2. The molecule has 2 aromatic carbocycles. The number of hydrogen-bond acceptors (Lipinski definition) is 6. The Morgan fingerprint density at radius 1 is 0.857 bits per heavy atom. The smallest absolute Gasteiger partial charge is 0.263 e. The summed E-state index contributed by atoms with van der Waals surface area (Å²) in [5, 5.41) is 13.9. The van der Waals surface area contributed by atoms with Crippen molar-refractivity contribution in [3.63, 3.8) is 0 Å². The number of carbonyl (C=O) groups is 2. The highest BCUT2D eigenvalue weighted by Gasteiger charge is 2.31. The molecule has 0 saturated heterocycles. The molecular weight excluding hydrogens is 491 g/mol. The molecule has 35 heavy (non-hydrogen) atoms. The maximum Gasteiger partial charge on any atom is 0.263 e. The number of halogens is 2. The van der Waals surface area contributed by atoms with E-state index in [0.717, 1.165) is 42.8 Å². The van der Waals surface area contributed by atoms with Crippen molar-refractivity contribution in [2.75, 3.05) is 30.3 Å². The van der Waals surface area contributed by atoms with E-state index in [4.69, 9.17) is 32.7 Å². The van der Waals surface area contributed by atoms with Crippen LogP contribution in [0.1, 0.15) is 25.7 Å². The number of hydrogen-bond donors (Lipinski definition) is 4. The molecule has 0 aromatic heterocycles. The van der Waals surface area contributed by atoms with E-state index in [1.54, 1.807) is 24.3 Å². The Kier molecular flexibility index (Phi) is 7.11. The molecule has 4 N–H and O–H groups in total. The standard InChI is InChI=1S/C25H28Cl2N4O4/c26-15-3-7-21-19(9-15)28-11-18(34-21)12-30-24(32)14-1-5-17(6-2-14)31-25(33)23-13-29-20-10-16(27)4-8-22(20)35-23/h3-4,7-10,14,17-18,23,28-29H,1-2,5-6,11-13H2,(H,30,32)(H,31,33). The molecule has 5 rings (SSSR count). The van der Waals surface area contributed by atoms with Gasteiger partial charge in [0.2, 0.25) is 5.91 Å². The lowest BCUT2D eigenvalue weighted by Crippen LogP contribution is -2.49. The van der Waals surface area contributed by atoms with Gasteiger partial charge < -0.3 is 30.7 Å². The summed E-state index contributed by atoms with van der Waals surface area (Å²) in [6.07, 6.45) is 2.22. The SMILES string of the molecule is O=C(NCC1CNc2cc(Cl)ccc2O1)C1CCC(NC(=O)C2CNc3cc(Cl)ccc3O2)CC1. The lowest BCUT2D eigenvalue weighted by atomic mass is 9.85. The minimum atomic E-state index is -0.602. The summed E-state index contributed by atoms with van der Waals surface area (Å²) in [4.78, 5) is 25.5. The van der Waals surface area contributed by atoms with E-state index >= 15 is 0 Å². The second-order valence-electron chi connectivity index (χ2n) is 9.19. The van der Waals surface area contributed by atoms with Crippen molar-refractivity contribution in [3.8, 4) is 11.5 Å². The molecule has 1 fully saturated rings. The normalized spacial score (nSPS) is 24.9. The zero-order chi connectivity index (χ0) is 24.4. The average Bonchev–Trinajstić information content (AvgIpc) is 2.87. The van der Waals surface area contributed by atoms with Gasteiger partial charge in [-0.25, -0.2) is 0 Å². The van der Waals surface area contributed by atoms with Gasteiger partial charge in [0.15, 0.2) is 6.10 Å². The molecule has 0 radical (unpaired) electrons. The molecule has 8 nitrogen and oxygen atoms in total. The van der Waals surface area contributed by atoms with Gasteiger partial charge in [-0.05, 0) is 62.1 Å². The second-order valence-corrected chi connectivity index (χ2v) is 10.1. The van der Waals surface area contributed by atoms with Crippen molar-refractivity contribution in [2.45, 2.75) is 43.9 Å². The largest absolute Gasteiger partial charge is 0.485 e. The summed E-state index contributed by atoms with van der Waals surface area (Å²) >= 11 is 12.0. The third kappa shape index (κ3) is 5.70. The zero-order valence-corrected chi connectivity index (χ0v) is 20.6. The van der Waals surface area contributed by atoms with Crippen LogP contribution in [0.15, 0.2) is 36.4 Å². The first kappa shape index (κ1) is 23.9. The van der Waals surface area contributed by atoms with Crippen LogP contribution in [0.2, 0.25) is 10.0 Å². The van der Waals surface area contributed by atoms with Crippen molar-refractivity contribution in [2.24, 2.45) is 5.92 Å². The molecule has 0 spiro atoms. The number of anilines is 2. The Labute approximate surface area is 214 Å². The zero-order valence-electron chi connectivity index (χ0n) is 19.1. The third-order valence-corrected chi connectivity index (χ3v) is 7.16. The molecule has 2 amide bonds. The first-order chi connectivity index (χ1) is 16.9. The molecule has 2 unspecified atom stereocenters. The van der Waals surface area contributed by atoms with Gasteiger partial charge in [0.1, 0.15) is 17.6 Å². The number of nitrogens with one attached hydrogen (secondary N) is 4. The van der Waals surface area contributed by atoms with Crippen molar-refractivity contribution >= 4 is 46.4 Å². The Morgan fingerprint density at radius 3 is 2.17 bits per heavy atom. The Balaban J connectivity index is 1.04. The van der Waals surface area contributed by atoms with Gasteiger partial charge in [0.05, 0.1) is 31.0 Å². The Hall–Kier alpha value is -2.84. The van der Waals surface area contributed by atoms with Crippen LogP contribution in [0.4, 0.5) is 11.4 Å². The van der Waals surface area contributed by atoms with Gasteiger partial charge in [0.25, 0.3) is 5.91 Å². The molecule has 2 heterocycles. The summed E-state index contributed by atoms with van der Waals surface area (Å²) in [6.45, 7) is 1.41. The molecule has 1 aliphatic carbocycles. The summed E-state index contributed by atoms with van der Waals surface area (Å²) < 4.78 is 11.8. The first-order valence-corrected chi connectivity index (χ1v) is 12.7. The van der Waals surface area contributed by atoms with Crippen LogP contribution in [0.5, 0.6) is 11.5 Å². The molecule has 10 heteroatoms. The van der Waals surface area contributed by atoms with E-state index in [2.05, 4.69) is 21.3 Å². The maximum absolute atomic E-state index is 12.7. The quantitative estimate of drug-likeness (QED) is 0.479. The van der Waals surface area contributed by atoms with Crippen molar-refractivity contribution < 1.29 is 19.1 Å². The summed E-state index contributed by atoms with van der Waals surface area (Å²) in [5.41, 5.74) is 1.65. The van der Waals surface area contributed by atoms with Gasteiger partial charge in [-0.15, -0.1) is 0 Å². The summed E-state index contributed by atoms with van der Waals surface area (Å²) in [6, 6.07) is 10.8. The monoisotopic (exact) mass is 518 g/mol. The van der Waals surface area contributed by atoms with E-state index < -0.39 is 6.10 Å². The van der Waals surface area contributed by atoms with E-state index in [1.165, 1.54) is 0 Å². The van der Waals surface area contributed by atoms with E-state index in [0.29, 0.717) is 35.4 Å². The van der Waals surface area contributed by atoms with Gasteiger partial charge in [-0.1, -0.05) is 23.2 Å². The summed E-state index contributed by atoms with van der Waals surface area (Å²) in [5.74, 6) is 1.19. The maximum atomic E-state index is 12.7. The van der Waals surface area contributed by atoms with Crippen LogP contribution in [0.3, 0.4) is 0 Å². The van der Waals surface area contributed by atoms with Crippen LogP contribution < -0.4 is 30.7 Å². The number of fused-ring (bicyclic) bond motifs is 2. The van der Waals surface area contributed by atoms with Crippen molar-refractivity contribution in [1.82, 2.24) is 10.6 Å². The van der Waals surface area contributed by atoms with E-state index in [9.17, 15) is 9.59 Å². The fraction of sp³-hybridized carbons (Fsp3) is 0.440. The van der Waals surface area contributed by atoms with Crippen LogP contribution in [0.25, 0.3) is 0 Å². The number of amides is 2. The minimum Gasteiger partial charge on any atom is -0.485 e. The molecular formula is C25H28Cl2N4O4. The van der Waals surface area contributed by atoms with Gasteiger partial charge in [-0.3, -0.25) is 9.59 Å². The molecule has 0 bridgehead atoms. The number of ether oxygens (including phenoxy) is 2. The fourth-order valence-electron chi connectivity index (χ4n) is 4.74. The highest BCUT2D eigenvalue weighted by atomic mass is 35.5. The molecule has 1 saturated carbocycles. The highest BCUT2D eigenvalue weighted by Crippen LogP contribution is 2.33. The van der Waals surface area contributed by atoms with Gasteiger partial charge >= 0.3 is 0 Å². The van der Waals surface area contributed by atoms with E-state index in [1.807, 2.05) is 12.1 Å². The highest BCUT2D eigenvalue weighted by molar-refractivity contribution is 6.31. The predicted molar refractivity (Wildman–Crippen MR) is 136 cm³/mol. The predicted octanol–water partition coefficient (Wildman–Crippen LogP) is 3.83. The molecule has 2 atom stereocenters. The lowest BCUT2D eigenvalue weighted by Gasteiger charge is -2.32. The van der Waals surface area contributed by atoms with Crippen LogP contribution in [-0.2, 0) is 9.59 Å². The van der Waals surface area contributed by atoms with Crippen molar-refractivity contribution in [3.05, 3.63) is 46.4 Å². The number of carbonyl (C=O) groups excluding carboxylic acids is 2. The Bertz CT molecular complexity index is 1110. The number of rotatable bonds is 5. The lowest BCUT2D eigenvalue weighted by molar-refractivity contribution is -0.129. The van der Waals surface area contributed by atoms with Crippen molar-refractivity contribution in [1.29, 1.82) is 0 Å². The first-order valence-electron chi connectivity index (χ1n) is 11.9. The van der Waals surface area contributed by atoms with E-state index in [-0.39, 0.29) is 29.9 Å². The molecule has 2 aliphatic heterocycles. The molecule has 186 valence electrons. The fourth-order valence-corrected chi connectivity index (χ4v) is 5.09. The van der Waals surface area contributed by atoms with Crippen LogP contribution >= 0.6 is 23.2 Å². The Morgan fingerprint density at radius 2 is 1.49 bits per heavy atom. The van der Waals surface area contributed by atoms with Crippen LogP contribution in [0, 0.1) is 5.92 Å². The minimum absolute atomic E-state index is 0.0374. The van der Waals surface area contributed by atoms with Crippen LogP contribution in [-0.4, -0.2) is 49.7 Å². The topological polar surface area (TPSA) is 101 Å². The average molecular weight is 519 g/mol. The summed E-state index contributed by atoms with van der Waals surface area (Å²) in [7, 11) is 0. The van der Waals surface area contributed by atoms with Gasteiger partial charge in [-0.2, -0.15) is 0 Å².